The molecule has 0 saturated carbocycles. The Bertz CT molecular complexity index is 514. The molecule has 1 rings (SSSR count). The van der Waals surface area contributed by atoms with Crippen LogP contribution in [0.4, 0.5) is 0 Å². The van der Waals surface area contributed by atoms with Gasteiger partial charge in [-0.05, 0) is 24.1 Å². The van der Waals surface area contributed by atoms with Crippen LogP contribution in [0, 0.1) is 0 Å². The molecule has 1 aromatic rings. The molecule has 0 atom stereocenters. The molecule has 0 amide bonds. The van der Waals surface area contributed by atoms with Crippen molar-refractivity contribution < 1.29 is 17.9 Å². The molecule has 0 aromatic heterocycles. The van der Waals surface area contributed by atoms with Crippen molar-refractivity contribution in [3.63, 3.8) is 0 Å². The third-order valence-corrected chi connectivity index (χ3v) is 4.74. The van der Waals surface area contributed by atoms with Crippen LogP contribution in [0.2, 0.25) is 0 Å². The van der Waals surface area contributed by atoms with Gasteiger partial charge in [0, 0.05) is 18.8 Å². The highest BCUT2D eigenvalue weighted by Gasteiger charge is 2.08. The summed E-state index contributed by atoms with van der Waals surface area (Å²) >= 11 is 0. The van der Waals surface area contributed by atoms with Gasteiger partial charge >= 0.3 is 0 Å². The van der Waals surface area contributed by atoms with Crippen molar-refractivity contribution in [1.29, 1.82) is 0 Å². The number of nitrogens with one attached hydrogen (secondary N) is 1. The highest BCUT2D eigenvalue weighted by atomic mass is 32.2. The molecule has 6 heteroatoms. The first-order valence-corrected chi connectivity index (χ1v) is 8.46. The minimum Gasteiger partial charge on any atom is -0.493 e. The maximum atomic E-state index is 11.5. The zero-order chi connectivity index (χ0) is 15.0. The lowest BCUT2D eigenvalue weighted by Crippen LogP contribution is -2.24. The highest BCUT2D eigenvalue weighted by Crippen LogP contribution is 2.27. The largest absolute Gasteiger partial charge is 0.493 e. The summed E-state index contributed by atoms with van der Waals surface area (Å²) in [5.74, 6) is 1.78. The van der Waals surface area contributed by atoms with E-state index in [1.54, 1.807) is 14.2 Å². The molecule has 0 heterocycles. The molecule has 0 unspecified atom stereocenters. The van der Waals surface area contributed by atoms with Gasteiger partial charge in [0.25, 0.3) is 0 Å². The van der Waals surface area contributed by atoms with Crippen molar-refractivity contribution in [2.45, 2.75) is 19.9 Å². The zero-order valence-corrected chi connectivity index (χ0v) is 13.1. The Balaban J connectivity index is 2.46. The fourth-order valence-electron chi connectivity index (χ4n) is 1.86. The van der Waals surface area contributed by atoms with Crippen LogP contribution in [0.25, 0.3) is 0 Å². The normalized spacial score (nSPS) is 11.3. The van der Waals surface area contributed by atoms with E-state index < -0.39 is 9.84 Å². The average Bonchev–Trinajstić information content (AvgIpc) is 2.43. The quantitative estimate of drug-likeness (QED) is 0.702. The van der Waals surface area contributed by atoms with Gasteiger partial charge in [-0.2, -0.15) is 0 Å². The predicted molar refractivity (Wildman–Crippen MR) is 80.2 cm³/mol. The zero-order valence-electron chi connectivity index (χ0n) is 12.3. The molecule has 0 saturated heterocycles. The Hall–Kier alpha value is -1.27. The van der Waals surface area contributed by atoms with Crippen molar-refractivity contribution in [3.05, 3.63) is 23.8 Å². The number of benzene rings is 1. The number of sulfone groups is 1. The van der Waals surface area contributed by atoms with Crippen LogP contribution in [-0.4, -0.2) is 40.7 Å². The van der Waals surface area contributed by atoms with Crippen molar-refractivity contribution in [2.24, 2.45) is 0 Å². The fourth-order valence-corrected chi connectivity index (χ4v) is 3.15. The summed E-state index contributed by atoms with van der Waals surface area (Å²) in [4.78, 5) is 0. The van der Waals surface area contributed by atoms with Gasteiger partial charge in [0.2, 0.25) is 0 Å². The van der Waals surface area contributed by atoms with Gasteiger partial charge in [0.05, 0.1) is 20.0 Å². The molecule has 0 radical (unpaired) electrons. The molecule has 5 nitrogen and oxygen atoms in total. The van der Waals surface area contributed by atoms with Crippen molar-refractivity contribution in [2.75, 3.05) is 32.3 Å². The second-order valence-corrected chi connectivity index (χ2v) is 6.82. The Kier molecular flexibility index (Phi) is 6.81. The molecule has 20 heavy (non-hydrogen) atoms. The Morgan fingerprint density at radius 1 is 1.10 bits per heavy atom. The summed E-state index contributed by atoms with van der Waals surface area (Å²) in [6.07, 6.45) is 0.665. The molecule has 0 aliphatic carbocycles. The first-order chi connectivity index (χ1) is 9.52. The van der Waals surface area contributed by atoms with Crippen LogP contribution in [0.5, 0.6) is 11.5 Å². The van der Waals surface area contributed by atoms with Gasteiger partial charge in [0.1, 0.15) is 0 Å². The maximum Gasteiger partial charge on any atom is 0.161 e. The Labute approximate surface area is 121 Å². The maximum absolute atomic E-state index is 11.5. The van der Waals surface area contributed by atoms with Crippen LogP contribution < -0.4 is 14.8 Å². The van der Waals surface area contributed by atoms with Crippen molar-refractivity contribution in [1.82, 2.24) is 5.32 Å². The lowest BCUT2D eigenvalue weighted by Gasteiger charge is -2.10. The van der Waals surface area contributed by atoms with Crippen molar-refractivity contribution >= 4 is 9.84 Å². The summed E-state index contributed by atoms with van der Waals surface area (Å²) < 4.78 is 33.5. The van der Waals surface area contributed by atoms with Crippen LogP contribution >= 0.6 is 0 Å². The SMILES string of the molecule is CCCS(=O)(=O)CCNCc1ccc(OC)c(OC)c1. The van der Waals surface area contributed by atoms with Crippen LogP contribution in [0.15, 0.2) is 18.2 Å². The third kappa shape index (κ3) is 5.38. The van der Waals surface area contributed by atoms with E-state index in [0.29, 0.717) is 31.0 Å². The Morgan fingerprint density at radius 2 is 1.80 bits per heavy atom. The molecule has 114 valence electrons. The number of hydrogen-bond donors (Lipinski definition) is 1. The molecular weight excluding hydrogens is 278 g/mol. The van der Waals surface area contributed by atoms with Gasteiger partial charge in [-0.25, -0.2) is 8.42 Å². The summed E-state index contributed by atoms with van der Waals surface area (Å²) in [5.41, 5.74) is 1.02. The lowest BCUT2D eigenvalue weighted by molar-refractivity contribution is 0.354. The summed E-state index contributed by atoms with van der Waals surface area (Å²) in [6, 6.07) is 5.64. The van der Waals surface area contributed by atoms with Gasteiger partial charge in [-0.1, -0.05) is 13.0 Å². The number of rotatable bonds is 9. The van der Waals surface area contributed by atoms with Crippen molar-refractivity contribution in [3.8, 4) is 11.5 Å². The average molecular weight is 301 g/mol. The second kappa shape index (κ2) is 8.11. The minimum atomic E-state index is -2.92. The second-order valence-electron chi connectivity index (χ2n) is 4.52. The first kappa shape index (κ1) is 16.8. The van der Waals surface area contributed by atoms with E-state index in [2.05, 4.69) is 5.32 Å². The van der Waals surface area contributed by atoms with Gasteiger partial charge in [-0.3, -0.25) is 0 Å². The minimum absolute atomic E-state index is 0.175. The van der Waals surface area contributed by atoms with E-state index in [9.17, 15) is 8.42 Å². The molecule has 1 N–H and O–H groups in total. The van der Waals surface area contributed by atoms with E-state index in [0.717, 1.165) is 5.56 Å². The van der Waals surface area contributed by atoms with Crippen LogP contribution in [0.3, 0.4) is 0 Å². The molecule has 0 aliphatic heterocycles. The molecule has 0 aliphatic rings. The third-order valence-electron chi connectivity index (χ3n) is 2.88. The van der Waals surface area contributed by atoms with Crippen LogP contribution in [0.1, 0.15) is 18.9 Å². The topological polar surface area (TPSA) is 64.6 Å². The van der Waals surface area contributed by atoms with Gasteiger partial charge in [0.15, 0.2) is 21.3 Å². The Morgan fingerprint density at radius 3 is 2.40 bits per heavy atom. The van der Waals surface area contributed by atoms with E-state index in [1.807, 2.05) is 25.1 Å². The smallest absolute Gasteiger partial charge is 0.161 e. The molecule has 0 fully saturated rings. The highest BCUT2D eigenvalue weighted by molar-refractivity contribution is 7.91. The lowest BCUT2D eigenvalue weighted by atomic mass is 10.2. The number of hydrogen-bond acceptors (Lipinski definition) is 5. The van der Waals surface area contributed by atoms with Gasteiger partial charge < -0.3 is 14.8 Å². The standard InChI is InChI=1S/C14H23NO4S/c1-4-8-20(16,17)9-7-15-11-12-5-6-13(18-2)14(10-12)19-3/h5-6,10,15H,4,7-9,11H2,1-3H3. The summed E-state index contributed by atoms with van der Waals surface area (Å²) in [7, 11) is 0.265. The first-order valence-electron chi connectivity index (χ1n) is 6.64. The molecule has 0 spiro atoms. The van der Waals surface area contributed by atoms with E-state index in [4.69, 9.17) is 9.47 Å². The number of methoxy groups -OCH3 is 2. The van der Waals surface area contributed by atoms with Gasteiger partial charge in [-0.15, -0.1) is 0 Å². The fraction of sp³-hybridized carbons (Fsp3) is 0.571. The van der Waals surface area contributed by atoms with E-state index in [-0.39, 0.29) is 11.5 Å². The summed E-state index contributed by atoms with van der Waals surface area (Å²) in [5, 5.41) is 3.13. The molecule has 0 bridgehead atoms. The van der Waals surface area contributed by atoms with E-state index in [1.165, 1.54) is 0 Å². The molecular formula is C14H23NO4S. The summed E-state index contributed by atoms with van der Waals surface area (Å²) in [6.45, 7) is 2.92. The number of ether oxygens (including phenoxy) is 2. The molecule has 1 aromatic carbocycles. The van der Waals surface area contributed by atoms with E-state index >= 15 is 0 Å². The monoisotopic (exact) mass is 301 g/mol. The predicted octanol–water partition coefficient (Wildman–Crippen LogP) is 1.62. The van der Waals surface area contributed by atoms with Crippen LogP contribution in [-0.2, 0) is 16.4 Å².